The van der Waals surface area contributed by atoms with Crippen LogP contribution in [-0.4, -0.2) is 83.3 Å². The minimum Gasteiger partial charge on any atom is -0.444 e. The molecule has 0 radical (unpaired) electrons. The maximum absolute atomic E-state index is 13.8. The highest BCUT2D eigenvalue weighted by molar-refractivity contribution is 5.99. The average Bonchev–Trinajstić information content (AvgIpc) is 3.55. The number of aromatic amines is 2. The van der Waals surface area contributed by atoms with E-state index in [0.717, 1.165) is 61.2 Å². The van der Waals surface area contributed by atoms with Gasteiger partial charge in [0.15, 0.2) is 0 Å². The van der Waals surface area contributed by atoms with Gasteiger partial charge in [0.25, 0.3) is 11.5 Å². The number of benzene rings is 3. The highest BCUT2D eigenvalue weighted by Crippen LogP contribution is 2.29. The Labute approximate surface area is 335 Å². The molecule has 4 aromatic rings. The van der Waals surface area contributed by atoms with E-state index >= 15 is 0 Å². The van der Waals surface area contributed by atoms with Crippen LogP contribution in [0.25, 0.3) is 22.0 Å². The summed E-state index contributed by atoms with van der Waals surface area (Å²) in [5.74, 6) is -0.673. The van der Waals surface area contributed by atoms with Gasteiger partial charge in [0.1, 0.15) is 11.6 Å². The molecule has 0 saturated heterocycles. The minimum atomic E-state index is -0.873. The van der Waals surface area contributed by atoms with E-state index in [2.05, 4.69) is 50.2 Å². The van der Waals surface area contributed by atoms with Gasteiger partial charge in [0.05, 0.1) is 10.9 Å². The fourth-order valence-corrected chi connectivity index (χ4v) is 7.35. The second-order valence-electron chi connectivity index (χ2n) is 16.1. The lowest BCUT2D eigenvalue weighted by molar-refractivity contribution is -0.130. The van der Waals surface area contributed by atoms with Crippen LogP contribution in [0.2, 0.25) is 0 Å². The number of carbonyl (C=O) groups excluding carboxylic acids is 4. The van der Waals surface area contributed by atoms with Crippen LogP contribution in [-0.2, 0) is 20.7 Å². The molecular weight excluding hydrogens is 723 g/mol. The zero-order chi connectivity index (χ0) is 41.1. The standard InChI is InChI=1S/C44H59N7O6/c1-7-51(8-2)23-9-22-45-39(52)33-18-20-35(28(3)24-33)31-14-10-29(11-15-31)25-38(42(55)47-34-19-21-36-37(26-34)49-50-41(36)54)48-40(53)32-16-12-30(13-17-32)27-46-43(56)57-44(4,5)6/h10-11,14-15,18-21,24,26,30,32,38H,7-9,12-13,16-17,22-23,25,27H2,1-6H3,(H,45,52)(H,46,56)(H,47,55)(H,48,53)(H2,49,50,54)/t30?,32?,38-/m0/s1. The molecule has 3 aromatic carbocycles. The summed E-state index contributed by atoms with van der Waals surface area (Å²) in [6, 6.07) is 17.7. The Morgan fingerprint density at radius 1 is 0.895 bits per heavy atom. The van der Waals surface area contributed by atoms with Crippen LogP contribution in [0.15, 0.2) is 65.5 Å². The molecule has 1 heterocycles. The van der Waals surface area contributed by atoms with E-state index in [-0.39, 0.29) is 41.5 Å². The molecule has 57 heavy (non-hydrogen) atoms. The molecule has 0 unspecified atom stereocenters. The van der Waals surface area contributed by atoms with Crippen LogP contribution in [0.5, 0.6) is 0 Å². The quantitative estimate of drug-likeness (QED) is 0.0724. The second kappa shape index (κ2) is 19.6. The maximum Gasteiger partial charge on any atom is 0.407 e. The fourth-order valence-electron chi connectivity index (χ4n) is 7.35. The van der Waals surface area contributed by atoms with Crippen molar-refractivity contribution in [1.29, 1.82) is 0 Å². The number of H-pyrrole nitrogens is 2. The summed E-state index contributed by atoms with van der Waals surface area (Å²) in [4.78, 5) is 66.9. The molecule has 1 aliphatic carbocycles. The van der Waals surface area contributed by atoms with Crippen LogP contribution in [0.3, 0.4) is 0 Å². The number of hydrogen-bond donors (Lipinski definition) is 6. The molecule has 1 fully saturated rings. The van der Waals surface area contributed by atoms with Crippen LogP contribution in [0.4, 0.5) is 10.5 Å². The number of amides is 4. The molecule has 1 aliphatic rings. The fraction of sp³-hybridized carbons (Fsp3) is 0.477. The Morgan fingerprint density at radius 3 is 2.28 bits per heavy atom. The van der Waals surface area contributed by atoms with Crippen molar-refractivity contribution in [3.05, 3.63) is 87.7 Å². The number of nitrogens with zero attached hydrogens (tertiary/aromatic N) is 1. The first kappa shape index (κ1) is 42.7. The van der Waals surface area contributed by atoms with Crippen molar-refractivity contribution < 1.29 is 23.9 Å². The van der Waals surface area contributed by atoms with Crippen molar-refractivity contribution in [1.82, 2.24) is 31.0 Å². The normalized spacial score (nSPS) is 16.2. The monoisotopic (exact) mass is 781 g/mol. The van der Waals surface area contributed by atoms with Gasteiger partial charge >= 0.3 is 6.09 Å². The van der Waals surface area contributed by atoms with Gasteiger partial charge in [-0.05, 0) is 138 Å². The number of hydrogen-bond acceptors (Lipinski definition) is 7. The highest BCUT2D eigenvalue weighted by Gasteiger charge is 2.30. The van der Waals surface area contributed by atoms with Crippen LogP contribution in [0, 0.1) is 18.8 Å². The molecule has 0 spiro atoms. The van der Waals surface area contributed by atoms with Crippen LogP contribution in [0.1, 0.15) is 88.2 Å². The molecule has 5 rings (SSSR count). The van der Waals surface area contributed by atoms with Gasteiger partial charge in [-0.25, -0.2) is 4.79 Å². The van der Waals surface area contributed by atoms with Crippen LogP contribution >= 0.6 is 0 Å². The molecule has 1 saturated carbocycles. The van der Waals surface area contributed by atoms with Gasteiger partial charge in [-0.2, -0.15) is 0 Å². The van der Waals surface area contributed by atoms with Crippen molar-refractivity contribution in [3.63, 3.8) is 0 Å². The highest BCUT2D eigenvalue weighted by atomic mass is 16.6. The smallest absolute Gasteiger partial charge is 0.407 e. The third-order valence-corrected chi connectivity index (χ3v) is 10.7. The van der Waals surface area contributed by atoms with Crippen molar-refractivity contribution in [3.8, 4) is 11.1 Å². The van der Waals surface area contributed by atoms with E-state index < -0.39 is 17.7 Å². The van der Waals surface area contributed by atoms with Gasteiger partial charge in [-0.15, -0.1) is 0 Å². The lowest BCUT2D eigenvalue weighted by Gasteiger charge is -2.29. The molecule has 0 aliphatic heterocycles. The average molecular weight is 782 g/mol. The molecule has 1 aromatic heterocycles. The number of rotatable bonds is 16. The third kappa shape index (κ3) is 12.3. The number of anilines is 1. The van der Waals surface area contributed by atoms with Gasteiger partial charge in [-0.3, -0.25) is 29.4 Å². The van der Waals surface area contributed by atoms with E-state index in [1.807, 2.05) is 70.2 Å². The Bertz CT molecular complexity index is 2050. The number of aromatic nitrogens is 2. The van der Waals surface area contributed by atoms with Gasteiger partial charge in [0.2, 0.25) is 11.8 Å². The van der Waals surface area contributed by atoms with E-state index in [9.17, 15) is 24.0 Å². The number of alkyl carbamates (subject to hydrolysis) is 1. The first-order chi connectivity index (χ1) is 27.2. The Hall–Kier alpha value is -5.43. The van der Waals surface area contributed by atoms with E-state index in [1.54, 1.807) is 18.2 Å². The molecule has 1 atom stereocenters. The lowest BCUT2D eigenvalue weighted by Crippen LogP contribution is -2.48. The van der Waals surface area contributed by atoms with Crippen molar-refractivity contribution in [2.24, 2.45) is 11.8 Å². The van der Waals surface area contributed by atoms with Crippen molar-refractivity contribution in [2.45, 2.75) is 91.7 Å². The van der Waals surface area contributed by atoms with E-state index in [0.29, 0.717) is 48.1 Å². The van der Waals surface area contributed by atoms with Gasteiger partial charge in [0, 0.05) is 36.7 Å². The Morgan fingerprint density at radius 2 is 1.61 bits per heavy atom. The second-order valence-corrected chi connectivity index (χ2v) is 16.1. The van der Waals surface area contributed by atoms with Gasteiger partial charge < -0.3 is 30.9 Å². The topological polar surface area (TPSA) is 178 Å². The van der Waals surface area contributed by atoms with E-state index in [4.69, 9.17) is 4.74 Å². The lowest BCUT2D eigenvalue weighted by atomic mass is 9.81. The number of nitrogens with one attached hydrogen (secondary N) is 6. The summed E-state index contributed by atoms with van der Waals surface area (Å²) >= 11 is 0. The first-order valence-electron chi connectivity index (χ1n) is 20.2. The first-order valence-corrected chi connectivity index (χ1v) is 20.2. The Kier molecular flexibility index (Phi) is 14.7. The number of fused-ring (bicyclic) bond motifs is 1. The Balaban J connectivity index is 1.23. The largest absolute Gasteiger partial charge is 0.444 e. The molecule has 0 bridgehead atoms. The molecule has 6 N–H and O–H groups in total. The summed E-state index contributed by atoms with van der Waals surface area (Å²) in [5.41, 5.74) is 4.64. The summed E-state index contributed by atoms with van der Waals surface area (Å²) < 4.78 is 5.35. The molecule has 306 valence electrons. The van der Waals surface area contributed by atoms with E-state index in [1.165, 1.54) is 0 Å². The molecular formula is C44H59N7O6. The summed E-state index contributed by atoms with van der Waals surface area (Å²) in [6.45, 7) is 15.8. The number of ether oxygens (including phenoxy) is 1. The van der Waals surface area contributed by atoms with Gasteiger partial charge in [-0.1, -0.05) is 44.2 Å². The number of carbonyl (C=O) groups is 4. The minimum absolute atomic E-state index is 0.0875. The molecule has 4 amide bonds. The summed E-state index contributed by atoms with van der Waals surface area (Å²) in [7, 11) is 0. The van der Waals surface area contributed by atoms with Crippen LogP contribution < -0.4 is 26.8 Å². The van der Waals surface area contributed by atoms with Crippen molar-refractivity contribution in [2.75, 3.05) is 38.0 Å². The zero-order valence-electron chi connectivity index (χ0n) is 34.2. The summed E-state index contributed by atoms with van der Waals surface area (Å²) in [6.07, 6.45) is 3.52. The van der Waals surface area contributed by atoms with Crippen molar-refractivity contribution >= 4 is 40.4 Å². The maximum atomic E-state index is 13.8. The molecule has 13 heteroatoms. The zero-order valence-corrected chi connectivity index (χ0v) is 34.2. The predicted molar refractivity (Wildman–Crippen MR) is 224 cm³/mol. The molecule has 13 nitrogen and oxygen atoms in total. The predicted octanol–water partition coefficient (Wildman–Crippen LogP) is 6.29. The summed E-state index contributed by atoms with van der Waals surface area (Å²) in [5, 5.41) is 17.7. The SMILES string of the molecule is CCN(CC)CCCNC(=O)c1ccc(-c2ccc(C[C@H](NC(=O)C3CCC(CNC(=O)OC(C)(C)C)CC3)C(=O)Nc3ccc4c(=O)[nH][nH]c4c3)cc2)c(C)c1. The third-order valence-electron chi connectivity index (χ3n) is 10.7. The number of aryl methyl sites for hydroxylation is 1.